The predicted molar refractivity (Wildman–Crippen MR) is 87.6 cm³/mol. The van der Waals surface area contributed by atoms with E-state index in [1.165, 1.54) is 4.90 Å². The molecular formula is C16H22N2O4S. The first-order valence-electron chi connectivity index (χ1n) is 7.70. The molecule has 0 aromatic heterocycles. The first-order valence-corrected chi connectivity index (χ1v) is 9.52. The molecule has 2 rings (SSSR count). The summed E-state index contributed by atoms with van der Waals surface area (Å²) >= 11 is 0. The van der Waals surface area contributed by atoms with Gasteiger partial charge in [0.25, 0.3) is 0 Å². The van der Waals surface area contributed by atoms with Crippen LogP contribution in [0.3, 0.4) is 0 Å². The molecule has 1 aromatic carbocycles. The Balaban J connectivity index is 1.78. The van der Waals surface area contributed by atoms with Crippen LogP contribution in [0, 0.1) is 0 Å². The quantitative estimate of drug-likeness (QED) is 0.841. The number of carbonyl (C=O) groups excluding carboxylic acids is 2. The highest BCUT2D eigenvalue weighted by Crippen LogP contribution is 2.06. The van der Waals surface area contributed by atoms with Crippen LogP contribution < -0.4 is 5.32 Å². The maximum absolute atomic E-state index is 12.2. The first-order chi connectivity index (χ1) is 10.9. The maximum Gasteiger partial charge on any atom is 0.244 e. The molecule has 1 aromatic rings. The SMILES string of the molecule is C[C@H](NC(=O)CCc1ccccc1)C(=O)N1CCS(=O)(=O)CC1. The zero-order chi connectivity index (χ0) is 16.9. The molecule has 126 valence electrons. The van der Waals surface area contributed by atoms with Crippen LogP contribution in [0.5, 0.6) is 0 Å². The van der Waals surface area contributed by atoms with Crippen molar-refractivity contribution in [3.8, 4) is 0 Å². The normalized spacial score (nSPS) is 18.2. The van der Waals surface area contributed by atoms with Crippen molar-refractivity contribution < 1.29 is 18.0 Å². The second-order valence-corrected chi connectivity index (χ2v) is 8.06. The fraction of sp³-hybridized carbons (Fsp3) is 0.500. The lowest BCUT2D eigenvalue weighted by molar-refractivity contribution is -0.135. The fourth-order valence-corrected chi connectivity index (χ4v) is 3.69. The number of benzene rings is 1. The Morgan fingerprint density at radius 2 is 1.78 bits per heavy atom. The summed E-state index contributed by atoms with van der Waals surface area (Å²) in [6.07, 6.45) is 0.936. The Morgan fingerprint density at radius 1 is 1.17 bits per heavy atom. The van der Waals surface area contributed by atoms with Crippen LogP contribution in [0.1, 0.15) is 18.9 Å². The summed E-state index contributed by atoms with van der Waals surface area (Å²) < 4.78 is 22.8. The number of carbonyl (C=O) groups is 2. The molecule has 23 heavy (non-hydrogen) atoms. The van der Waals surface area contributed by atoms with Crippen molar-refractivity contribution in [3.05, 3.63) is 35.9 Å². The van der Waals surface area contributed by atoms with E-state index in [1.807, 2.05) is 30.3 Å². The van der Waals surface area contributed by atoms with Gasteiger partial charge in [0, 0.05) is 19.5 Å². The number of aryl methyl sites for hydroxylation is 1. The zero-order valence-electron chi connectivity index (χ0n) is 13.2. The number of nitrogens with one attached hydrogen (secondary N) is 1. The Hall–Kier alpha value is -1.89. The van der Waals surface area contributed by atoms with Crippen LogP contribution in [0.15, 0.2) is 30.3 Å². The van der Waals surface area contributed by atoms with E-state index in [-0.39, 0.29) is 36.4 Å². The average molecular weight is 338 g/mol. The minimum absolute atomic E-state index is 0.00653. The summed E-state index contributed by atoms with van der Waals surface area (Å²) in [6.45, 7) is 2.03. The van der Waals surface area contributed by atoms with E-state index >= 15 is 0 Å². The Bertz CT molecular complexity index is 644. The van der Waals surface area contributed by atoms with Gasteiger partial charge in [-0.2, -0.15) is 0 Å². The second kappa shape index (κ2) is 7.59. The van der Waals surface area contributed by atoms with Gasteiger partial charge in [-0.25, -0.2) is 8.42 Å². The Morgan fingerprint density at radius 3 is 2.39 bits per heavy atom. The van der Waals surface area contributed by atoms with Gasteiger partial charge in [-0.1, -0.05) is 30.3 Å². The summed E-state index contributed by atoms with van der Waals surface area (Å²) in [4.78, 5) is 25.7. The highest BCUT2D eigenvalue weighted by atomic mass is 32.2. The molecule has 0 bridgehead atoms. The molecular weight excluding hydrogens is 316 g/mol. The highest BCUT2D eigenvalue weighted by Gasteiger charge is 2.28. The summed E-state index contributed by atoms with van der Waals surface area (Å²) in [5, 5.41) is 2.69. The van der Waals surface area contributed by atoms with Gasteiger partial charge in [0.1, 0.15) is 6.04 Å². The van der Waals surface area contributed by atoms with Crippen molar-refractivity contribution in [1.29, 1.82) is 0 Å². The Kier molecular flexibility index (Phi) is 5.76. The van der Waals surface area contributed by atoms with Gasteiger partial charge in [0.15, 0.2) is 9.84 Å². The van der Waals surface area contributed by atoms with Crippen molar-refractivity contribution in [2.45, 2.75) is 25.8 Å². The van der Waals surface area contributed by atoms with Crippen molar-refractivity contribution >= 4 is 21.7 Å². The molecule has 1 heterocycles. The van der Waals surface area contributed by atoms with Crippen LogP contribution in [0.25, 0.3) is 0 Å². The van der Waals surface area contributed by atoms with Gasteiger partial charge in [0.2, 0.25) is 11.8 Å². The van der Waals surface area contributed by atoms with E-state index in [9.17, 15) is 18.0 Å². The highest BCUT2D eigenvalue weighted by molar-refractivity contribution is 7.91. The van der Waals surface area contributed by atoms with Crippen molar-refractivity contribution in [3.63, 3.8) is 0 Å². The van der Waals surface area contributed by atoms with Crippen molar-refractivity contribution in [2.75, 3.05) is 24.6 Å². The monoisotopic (exact) mass is 338 g/mol. The minimum Gasteiger partial charge on any atom is -0.345 e. The van der Waals surface area contributed by atoms with Gasteiger partial charge in [-0.15, -0.1) is 0 Å². The third-order valence-electron chi connectivity index (χ3n) is 3.89. The van der Waals surface area contributed by atoms with E-state index in [2.05, 4.69) is 5.32 Å². The number of amides is 2. The number of hydrogen-bond donors (Lipinski definition) is 1. The van der Waals surface area contributed by atoms with E-state index < -0.39 is 15.9 Å². The maximum atomic E-state index is 12.2. The van der Waals surface area contributed by atoms with Crippen LogP contribution in [0.4, 0.5) is 0 Å². The van der Waals surface area contributed by atoms with E-state index in [4.69, 9.17) is 0 Å². The average Bonchev–Trinajstić information content (AvgIpc) is 2.53. The van der Waals surface area contributed by atoms with Gasteiger partial charge in [-0.05, 0) is 18.9 Å². The van der Waals surface area contributed by atoms with E-state index in [0.29, 0.717) is 12.8 Å². The molecule has 6 nitrogen and oxygen atoms in total. The minimum atomic E-state index is -3.02. The summed E-state index contributed by atoms with van der Waals surface area (Å²) in [6, 6.07) is 9.03. The second-order valence-electron chi connectivity index (χ2n) is 5.75. The van der Waals surface area contributed by atoms with Crippen LogP contribution in [-0.2, 0) is 25.8 Å². The van der Waals surface area contributed by atoms with Crippen molar-refractivity contribution in [1.82, 2.24) is 10.2 Å². The summed E-state index contributed by atoms with van der Waals surface area (Å²) in [7, 11) is -3.02. The number of sulfone groups is 1. The van der Waals surface area contributed by atoms with Crippen LogP contribution in [0.2, 0.25) is 0 Å². The molecule has 0 radical (unpaired) electrons. The lowest BCUT2D eigenvalue weighted by Gasteiger charge is -2.29. The van der Waals surface area contributed by atoms with Crippen LogP contribution in [-0.4, -0.2) is 55.8 Å². The first kappa shape index (κ1) is 17.5. The fourth-order valence-electron chi connectivity index (χ4n) is 2.48. The molecule has 1 atom stereocenters. The molecule has 0 aliphatic carbocycles. The molecule has 2 amide bonds. The summed E-state index contributed by atoms with van der Waals surface area (Å²) in [5.74, 6) is -0.423. The predicted octanol–water partition coefficient (Wildman–Crippen LogP) is 0.381. The molecule has 1 saturated heterocycles. The van der Waals surface area contributed by atoms with E-state index in [0.717, 1.165) is 5.56 Å². The molecule has 0 unspecified atom stereocenters. The molecule has 1 aliphatic heterocycles. The smallest absolute Gasteiger partial charge is 0.244 e. The molecule has 7 heteroatoms. The largest absolute Gasteiger partial charge is 0.345 e. The zero-order valence-corrected chi connectivity index (χ0v) is 14.0. The molecule has 0 saturated carbocycles. The van der Waals surface area contributed by atoms with Gasteiger partial charge >= 0.3 is 0 Å². The van der Waals surface area contributed by atoms with E-state index in [1.54, 1.807) is 6.92 Å². The van der Waals surface area contributed by atoms with Gasteiger partial charge in [-0.3, -0.25) is 9.59 Å². The molecule has 1 fully saturated rings. The van der Waals surface area contributed by atoms with Crippen LogP contribution >= 0.6 is 0 Å². The standard InChI is InChI=1S/C16H22N2O4S/c1-13(16(20)18-9-11-23(21,22)12-10-18)17-15(19)8-7-14-5-3-2-4-6-14/h2-6,13H,7-12H2,1H3,(H,17,19)/t13-/m0/s1. The topological polar surface area (TPSA) is 83.6 Å². The molecule has 1 aliphatic rings. The molecule has 1 N–H and O–H groups in total. The summed E-state index contributed by atoms with van der Waals surface area (Å²) in [5.41, 5.74) is 1.07. The Labute approximate surface area is 136 Å². The van der Waals surface area contributed by atoms with Gasteiger partial charge in [0.05, 0.1) is 11.5 Å². The third-order valence-corrected chi connectivity index (χ3v) is 5.50. The lowest BCUT2D eigenvalue weighted by Crippen LogP contribution is -2.51. The van der Waals surface area contributed by atoms with Crippen molar-refractivity contribution in [2.24, 2.45) is 0 Å². The third kappa shape index (κ3) is 5.35. The number of hydrogen-bond acceptors (Lipinski definition) is 4. The number of nitrogens with zero attached hydrogens (tertiary/aromatic N) is 1. The molecule has 0 spiro atoms. The lowest BCUT2D eigenvalue weighted by atomic mass is 10.1. The van der Waals surface area contributed by atoms with Gasteiger partial charge < -0.3 is 10.2 Å². The number of rotatable bonds is 5.